The van der Waals surface area contributed by atoms with Crippen molar-refractivity contribution in [2.24, 2.45) is 0 Å². The fourth-order valence-corrected chi connectivity index (χ4v) is 1.94. The zero-order valence-electron chi connectivity index (χ0n) is 11.5. The van der Waals surface area contributed by atoms with E-state index in [-0.39, 0.29) is 5.78 Å². The number of Topliss-reactive ketones (excluding diaryl/α,β-unsaturated/α-hetero) is 1. The van der Waals surface area contributed by atoms with Crippen LogP contribution >= 0.6 is 0 Å². The van der Waals surface area contributed by atoms with Crippen LogP contribution < -0.4 is 0 Å². The number of methoxy groups -OCH3 is 1. The Morgan fingerprint density at radius 2 is 1.89 bits per heavy atom. The number of hydrogen-bond acceptors (Lipinski definition) is 3. The van der Waals surface area contributed by atoms with Gasteiger partial charge >= 0.3 is 0 Å². The molecule has 0 bridgehead atoms. The van der Waals surface area contributed by atoms with Crippen molar-refractivity contribution >= 4 is 5.78 Å². The van der Waals surface area contributed by atoms with Crippen molar-refractivity contribution in [1.29, 1.82) is 0 Å². The Balaban J connectivity index is 2.19. The van der Waals surface area contributed by atoms with Gasteiger partial charge in [0.2, 0.25) is 0 Å². The Labute approximate surface area is 110 Å². The van der Waals surface area contributed by atoms with Gasteiger partial charge in [-0.25, -0.2) is 0 Å². The summed E-state index contributed by atoms with van der Waals surface area (Å²) in [7, 11) is 1.61. The summed E-state index contributed by atoms with van der Waals surface area (Å²) in [5.74, 6) is 1.28. The molecule has 0 spiro atoms. The normalized spacial score (nSPS) is 10.8. The topological polar surface area (TPSA) is 39.4 Å². The number of carbonyl (C=O) groups is 1. The molecule has 0 aromatic carbocycles. The Bertz CT molecular complexity index is 341. The predicted octanol–water partition coefficient (Wildman–Crippen LogP) is 4.36. The second-order valence-corrected chi connectivity index (χ2v) is 4.64. The van der Waals surface area contributed by atoms with Crippen LogP contribution in [-0.2, 0) is 11.3 Å². The minimum Gasteiger partial charge on any atom is -0.456 e. The van der Waals surface area contributed by atoms with Crippen LogP contribution in [0.1, 0.15) is 68.2 Å². The third-order valence-corrected chi connectivity index (χ3v) is 2.98. The lowest BCUT2D eigenvalue weighted by Crippen LogP contribution is -1.97. The molecule has 3 nitrogen and oxygen atoms in total. The van der Waals surface area contributed by atoms with Crippen molar-refractivity contribution in [3.05, 3.63) is 23.7 Å². The molecule has 0 saturated carbocycles. The number of rotatable bonds is 10. The van der Waals surface area contributed by atoms with Gasteiger partial charge in [0.15, 0.2) is 11.5 Å². The van der Waals surface area contributed by atoms with E-state index in [0.717, 1.165) is 12.8 Å². The summed E-state index contributed by atoms with van der Waals surface area (Å²) in [6.07, 6.45) is 7.75. The molecule has 0 saturated heterocycles. The van der Waals surface area contributed by atoms with Crippen LogP contribution in [-0.4, -0.2) is 12.9 Å². The Morgan fingerprint density at radius 1 is 1.17 bits per heavy atom. The van der Waals surface area contributed by atoms with Gasteiger partial charge in [0.1, 0.15) is 12.4 Å². The van der Waals surface area contributed by atoms with Crippen LogP contribution in [0.25, 0.3) is 0 Å². The molecule has 1 heterocycles. The van der Waals surface area contributed by atoms with E-state index in [0.29, 0.717) is 24.5 Å². The van der Waals surface area contributed by atoms with Gasteiger partial charge in [0.25, 0.3) is 0 Å². The highest BCUT2D eigenvalue weighted by atomic mass is 16.5. The number of ketones is 1. The zero-order chi connectivity index (χ0) is 13.2. The highest BCUT2D eigenvalue weighted by molar-refractivity contribution is 5.93. The van der Waals surface area contributed by atoms with Gasteiger partial charge in [-0.3, -0.25) is 4.79 Å². The molecule has 18 heavy (non-hydrogen) atoms. The first-order chi connectivity index (χ1) is 8.77. The summed E-state index contributed by atoms with van der Waals surface area (Å²) in [5, 5.41) is 0. The third-order valence-electron chi connectivity index (χ3n) is 2.98. The molecule has 0 radical (unpaired) electrons. The minimum absolute atomic E-state index is 0.104. The first kappa shape index (κ1) is 15.0. The lowest BCUT2D eigenvalue weighted by Gasteiger charge is -1.99. The predicted molar refractivity (Wildman–Crippen MR) is 71.7 cm³/mol. The van der Waals surface area contributed by atoms with Crippen LogP contribution in [0.5, 0.6) is 0 Å². The standard InChI is InChI=1S/C15H24O3/c1-3-4-5-6-7-8-9-14(16)15-11-10-13(18-15)12-17-2/h10-11H,3-9,12H2,1-2H3. The molecule has 1 rings (SSSR count). The van der Waals surface area contributed by atoms with Gasteiger partial charge in [-0.15, -0.1) is 0 Å². The lowest BCUT2D eigenvalue weighted by atomic mass is 10.1. The van der Waals surface area contributed by atoms with Gasteiger partial charge in [0, 0.05) is 13.5 Å². The first-order valence-electron chi connectivity index (χ1n) is 6.88. The van der Waals surface area contributed by atoms with Crippen LogP contribution in [0, 0.1) is 0 Å². The quantitative estimate of drug-likeness (QED) is 0.459. The Kier molecular flexibility index (Phi) is 7.42. The molecule has 0 aliphatic carbocycles. The summed E-state index contributed by atoms with van der Waals surface area (Å²) in [6, 6.07) is 3.55. The van der Waals surface area contributed by atoms with E-state index in [9.17, 15) is 4.79 Å². The van der Waals surface area contributed by atoms with E-state index in [4.69, 9.17) is 9.15 Å². The average molecular weight is 252 g/mol. The van der Waals surface area contributed by atoms with Crippen molar-refractivity contribution in [3.8, 4) is 0 Å². The van der Waals surface area contributed by atoms with E-state index in [1.807, 2.05) is 0 Å². The molecule has 0 amide bonds. The van der Waals surface area contributed by atoms with E-state index in [1.54, 1.807) is 19.2 Å². The second-order valence-electron chi connectivity index (χ2n) is 4.64. The van der Waals surface area contributed by atoms with E-state index < -0.39 is 0 Å². The molecule has 0 fully saturated rings. The molecule has 1 aromatic heterocycles. The van der Waals surface area contributed by atoms with Gasteiger partial charge in [-0.1, -0.05) is 39.0 Å². The molecule has 0 N–H and O–H groups in total. The van der Waals surface area contributed by atoms with Crippen molar-refractivity contribution < 1.29 is 13.9 Å². The summed E-state index contributed by atoms with van der Waals surface area (Å²) < 4.78 is 10.4. The van der Waals surface area contributed by atoms with Gasteiger partial charge in [0.05, 0.1) is 0 Å². The number of unbranched alkanes of at least 4 members (excludes halogenated alkanes) is 5. The average Bonchev–Trinajstić information content (AvgIpc) is 2.82. The van der Waals surface area contributed by atoms with Crippen LogP contribution in [0.2, 0.25) is 0 Å². The number of furan rings is 1. The van der Waals surface area contributed by atoms with Gasteiger partial charge < -0.3 is 9.15 Å². The summed E-state index contributed by atoms with van der Waals surface area (Å²) in [6.45, 7) is 2.63. The first-order valence-corrected chi connectivity index (χ1v) is 6.88. The highest BCUT2D eigenvalue weighted by Crippen LogP contribution is 2.14. The summed E-state index contributed by atoms with van der Waals surface area (Å²) in [5.41, 5.74) is 0. The fourth-order valence-electron chi connectivity index (χ4n) is 1.94. The lowest BCUT2D eigenvalue weighted by molar-refractivity contribution is 0.0943. The molecule has 102 valence electrons. The molecule has 0 aliphatic heterocycles. The van der Waals surface area contributed by atoms with E-state index in [1.165, 1.54) is 25.7 Å². The molecule has 3 heteroatoms. The molecular weight excluding hydrogens is 228 g/mol. The van der Waals surface area contributed by atoms with Crippen molar-refractivity contribution in [1.82, 2.24) is 0 Å². The molecular formula is C15H24O3. The maximum Gasteiger partial charge on any atom is 0.197 e. The van der Waals surface area contributed by atoms with Crippen LogP contribution in [0.4, 0.5) is 0 Å². The van der Waals surface area contributed by atoms with E-state index >= 15 is 0 Å². The third kappa shape index (κ3) is 5.50. The Hall–Kier alpha value is -1.09. The number of hydrogen-bond donors (Lipinski definition) is 0. The Morgan fingerprint density at radius 3 is 2.61 bits per heavy atom. The second kappa shape index (κ2) is 8.92. The molecule has 0 unspecified atom stereocenters. The van der Waals surface area contributed by atoms with Gasteiger partial charge in [-0.2, -0.15) is 0 Å². The summed E-state index contributed by atoms with van der Waals surface area (Å²) in [4.78, 5) is 11.8. The molecule has 0 aliphatic rings. The van der Waals surface area contributed by atoms with Crippen molar-refractivity contribution in [3.63, 3.8) is 0 Å². The fraction of sp³-hybridized carbons (Fsp3) is 0.667. The van der Waals surface area contributed by atoms with E-state index in [2.05, 4.69) is 6.92 Å². The maximum atomic E-state index is 11.8. The van der Waals surface area contributed by atoms with Crippen LogP contribution in [0.15, 0.2) is 16.5 Å². The number of carbonyl (C=O) groups excluding carboxylic acids is 1. The monoisotopic (exact) mass is 252 g/mol. The largest absolute Gasteiger partial charge is 0.456 e. The van der Waals surface area contributed by atoms with Crippen molar-refractivity contribution in [2.45, 2.75) is 58.5 Å². The zero-order valence-corrected chi connectivity index (χ0v) is 11.5. The maximum absolute atomic E-state index is 11.8. The SMILES string of the molecule is CCCCCCCCC(=O)c1ccc(COC)o1. The summed E-state index contributed by atoms with van der Waals surface area (Å²) >= 11 is 0. The molecule has 1 aromatic rings. The van der Waals surface area contributed by atoms with Crippen LogP contribution in [0.3, 0.4) is 0 Å². The smallest absolute Gasteiger partial charge is 0.197 e. The number of ether oxygens (including phenoxy) is 1. The minimum atomic E-state index is 0.104. The molecule has 0 atom stereocenters. The highest BCUT2D eigenvalue weighted by Gasteiger charge is 2.10. The van der Waals surface area contributed by atoms with Crippen molar-refractivity contribution in [2.75, 3.05) is 7.11 Å². The van der Waals surface area contributed by atoms with Gasteiger partial charge in [-0.05, 0) is 18.6 Å².